The third-order valence-corrected chi connectivity index (χ3v) is 12.8. The van der Waals surface area contributed by atoms with E-state index in [0.29, 0.717) is 0 Å². The standard InChI is InChI=1S/C55H37NS/c1-6-18-38(19-7-1)40-30-33-45(34-31-40)56(44-26-14-5-15-27-44)54-52-47-36-41(39-20-8-2-9-21-39)32-35-48(47)55(42-22-10-3-11-23-42,43-24-12-4-13-25-43)49(52)37-51-53(54)46-28-16-17-29-50(46)57-51/h1-37H. The third kappa shape index (κ3) is 5.29. The summed E-state index contributed by atoms with van der Waals surface area (Å²) in [5.74, 6) is 0. The Hall–Kier alpha value is -7.00. The average Bonchev–Trinajstić information content (AvgIpc) is 3.81. The molecule has 1 aliphatic carbocycles. The highest BCUT2D eigenvalue weighted by Crippen LogP contribution is 2.63. The first-order chi connectivity index (χ1) is 28.3. The molecule has 268 valence electrons. The molecule has 0 unspecified atom stereocenters. The molecular weight excluding hydrogens is 707 g/mol. The Labute approximate surface area is 337 Å². The predicted molar refractivity (Wildman–Crippen MR) is 242 cm³/mol. The van der Waals surface area contributed by atoms with Gasteiger partial charge in [0.1, 0.15) is 0 Å². The maximum Gasteiger partial charge on any atom is 0.0714 e. The molecule has 0 aliphatic heterocycles. The van der Waals surface area contributed by atoms with E-state index in [2.05, 4.69) is 229 Å². The van der Waals surface area contributed by atoms with Gasteiger partial charge in [-0.15, -0.1) is 11.3 Å². The fraction of sp³-hybridized carbons (Fsp3) is 0.0182. The quantitative estimate of drug-likeness (QED) is 0.157. The van der Waals surface area contributed by atoms with E-state index in [1.165, 1.54) is 81.5 Å². The predicted octanol–water partition coefficient (Wildman–Crippen LogP) is 15.2. The summed E-state index contributed by atoms with van der Waals surface area (Å²) >= 11 is 1.89. The van der Waals surface area contributed by atoms with Crippen LogP contribution in [0.15, 0.2) is 224 Å². The Balaban J connectivity index is 1.32. The fourth-order valence-electron chi connectivity index (χ4n) is 9.27. The lowest BCUT2D eigenvalue weighted by atomic mass is 9.67. The van der Waals surface area contributed by atoms with Crippen molar-refractivity contribution in [2.45, 2.75) is 5.41 Å². The number of hydrogen-bond acceptors (Lipinski definition) is 2. The molecule has 0 N–H and O–H groups in total. The number of hydrogen-bond donors (Lipinski definition) is 0. The monoisotopic (exact) mass is 743 g/mol. The maximum atomic E-state index is 2.53. The number of nitrogens with zero attached hydrogens (tertiary/aromatic N) is 1. The largest absolute Gasteiger partial charge is 0.309 e. The molecule has 57 heavy (non-hydrogen) atoms. The summed E-state index contributed by atoms with van der Waals surface area (Å²) in [6, 6.07) is 82.6. The van der Waals surface area contributed by atoms with Gasteiger partial charge in [0.25, 0.3) is 0 Å². The van der Waals surface area contributed by atoms with Crippen molar-refractivity contribution in [2.75, 3.05) is 4.90 Å². The van der Waals surface area contributed by atoms with Crippen molar-refractivity contribution in [3.8, 4) is 33.4 Å². The van der Waals surface area contributed by atoms with Crippen molar-refractivity contribution in [2.24, 2.45) is 0 Å². The van der Waals surface area contributed by atoms with Gasteiger partial charge in [-0.1, -0.05) is 182 Å². The molecule has 2 heteroatoms. The highest BCUT2D eigenvalue weighted by molar-refractivity contribution is 7.26. The van der Waals surface area contributed by atoms with Crippen molar-refractivity contribution < 1.29 is 0 Å². The Bertz CT molecular complexity index is 2990. The van der Waals surface area contributed by atoms with Gasteiger partial charge in [0.15, 0.2) is 0 Å². The minimum atomic E-state index is -0.568. The summed E-state index contributed by atoms with van der Waals surface area (Å²) in [6.07, 6.45) is 0. The van der Waals surface area contributed by atoms with Crippen LogP contribution < -0.4 is 4.90 Å². The molecule has 0 saturated heterocycles. The SMILES string of the molecule is c1ccc(-c2ccc(N(c3ccccc3)c3c4c(cc5sc6ccccc6c35)C(c3ccccc3)(c3ccccc3)c3ccc(-c5ccccc5)cc3-4)cc2)cc1. The van der Waals surface area contributed by atoms with Crippen LogP contribution in [0, 0.1) is 0 Å². The van der Waals surface area contributed by atoms with Crippen LogP contribution in [0.2, 0.25) is 0 Å². The number of rotatable bonds is 7. The molecule has 1 aliphatic rings. The lowest BCUT2D eigenvalue weighted by molar-refractivity contribution is 0.770. The molecule has 0 fully saturated rings. The Kier molecular flexibility index (Phi) is 7.98. The molecular formula is C55H37NS. The van der Waals surface area contributed by atoms with E-state index in [1.807, 2.05) is 11.3 Å². The van der Waals surface area contributed by atoms with Crippen LogP contribution in [0.5, 0.6) is 0 Å². The fourth-order valence-corrected chi connectivity index (χ4v) is 10.4. The van der Waals surface area contributed by atoms with Gasteiger partial charge in [-0.3, -0.25) is 0 Å². The molecule has 0 radical (unpaired) electrons. The molecule has 11 rings (SSSR count). The zero-order chi connectivity index (χ0) is 37.8. The van der Waals surface area contributed by atoms with E-state index in [-0.39, 0.29) is 0 Å². The second-order valence-electron chi connectivity index (χ2n) is 14.8. The molecule has 0 saturated carbocycles. The van der Waals surface area contributed by atoms with Crippen LogP contribution in [-0.2, 0) is 5.41 Å². The minimum Gasteiger partial charge on any atom is -0.309 e. The Morgan fingerprint density at radius 1 is 0.368 bits per heavy atom. The van der Waals surface area contributed by atoms with Gasteiger partial charge in [0.05, 0.1) is 11.1 Å². The Morgan fingerprint density at radius 2 is 0.860 bits per heavy atom. The van der Waals surface area contributed by atoms with E-state index >= 15 is 0 Å². The summed E-state index contributed by atoms with van der Waals surface area (Å²) in [7, 11) is 0. The van der Waals surface area contributed by atoms with Gasteiger partial charge in [-0.2, -0.15) is 0 Å². The van der Waals surface area contributed by atoms with Gasteiger partial charge in [0.2, 0.25) is 0 Å². The van der Waals surface area contributed by atoms with Crippen LogP contribution in [0.25, 0.3) is 53.6 Å². The molecule has 1 heterocycles. The van der Waals surface area contributed by atoms with Crippen molar-refractivity contribution >= 4 is 48.6 Å². The first-order valence-corrected chi connectivity index (χ1v) is 20.4. The number of para-hydroxylation sites is 1. The summed E-state index contributed by atoms with van der Waals surface area (Å²) in [4.78, 5) is 2.53. The number of benzene rings is 9. The second kappa shape index (κ2) is 13.6. The first kappa shape index (κ1) is 33.3. The molecule has 0 atom stereocenters. The molecule has 1 aromatic heterocycles. The molecule has 10 aromatic rings. The topological polar surface area (TPSA) is 3.24 Å². The lowest BCUT2D eigenvalue weighted by Crippen LogP contribution is -2.28. The van der Waals surface area contributed by atoms with E-state index in [9.17, 15) is 0 Å². The van der Waals surface area contributed by atoms with Gasteiger partial charge >= 0.3 is 0 Å². The van der Waals surface area contributed by atoms with E-state index in [1.54, 1.807) is 0 Å². The summed E-state index contributed by atoms with van der Waals surface area (Å²) in [6.45, 7) is 0. The second-order valence-corrected chi connectivity index (χ2v) is 15.9. The van der Waals surface area contributed by atoms with Crippen LogP contribution in [0.3, 0.4) is 0 Å². The van der Waals surface area contributed by atoms with E-state index in [0.717, 1.165) is 11.4 Å². The Morgan fingerprint density at radius 3 is 1.49 bits per heavy atom. The minimum absolute atomic E-state index is 0.568. The molecule has 1 nitrogen and oxygen atoms in total. The summed E-state index contributed by atoms with van der Waals surface area (Å²) in [5.41, 5.74) is 15.3. The molecule has 0 bridgehead atoms. The van der Waals surface area contributed by atoms with Crippen molar-refractivity contribution in [3.05, 3.63) is 247 Å². The van der Waals surface area contributed by atoms with E-state index < -0.39 is 5.41 Å². The molecule has 0 amide bonds. The average molecular weight is 744 g/mol. The normalized spacial score (nSPS) is 12.7. The highest BCUT2D eigenvalue weighted by atomic mass is 32.1. The first-order valence-electron chi connectivity index (χ1n) is 19.6. The number of anilines is 3. The van der Waals surface area contributed by atoms with Crippen LogP contribution in [-0.4, -0.2) is 0 Å². The van der Waals surface area contributed by atoms with E-state index in [4.69, 9.17) is 0 Å². The van der Waals surface area contributed by atoms with Crippen LogP contribution >= 0.6 is 11.3 Å². The molecule has 0 spiro atoms. The summed E-state index contributed by atoms with van der Waals surface area (Å²) < 4.78 is 2.56. The smallest absolute Gasteiger partial charge is 0.0714 e. The number of thiophene rings is 1. The zero-order valence-electron chi connectivity index (χ0n) is 31.2. The van der Waals surface area contributed by atoms with Gasteiger partial charge in [-0.05, 0) is 92.5 Å². The molecule has 9 aromatic carbocycles. The van der Waals surface area contributed by atoms with Crippen LogP contribution in [0.4, 0.5) is 17.1 Å². The van der Waals surface area contributed by atoms with Crippen molar-refractivity contribution in [1.29, 1.82) is 0 Å². The summed E-state index contributed by atoms with van der Waals surface area (Å²) in [5, 5.41) is 2.55. The van der Waals surface area contributed by atoms with Crippen molar-refractivity contribution in [1.82, 2.24) is 0 Å². The number of fused-ring (bicyclic) bond motifs is 6. The third-order valence-electron chi connectivity index (χ3n) is 11.7. The van der Waals surface area contributed by atoms with Crippen molar-refractivity contribution in [3.63, 3.8) is 0 Å². The van der Waals surface area contributed by atoms with Gasteiger partial charge < -0.3 is 4.90 Å². The maximum absolute atomic E-state index is 2.53. The highest BCUT2D eigenvalue weighted by Gasteiger charge is 2.48. The zero-order valence-corrected chi connectivity index (χ0v) is 32.0. The lowest BCUT2D eigenvalue weighted by Gasteiger charge is -2.35. The van der Waals surface area contributed by atoms with Gasteiger partial charge in [0, 0.05) is 37.1 Å². The van der Waals surface area contributed by atoms with Gasteiger partial charge in [-0.25, -0.2) is 0 Å². The van der Waals surface area contributed by atoms with Crippen LogP contribution in [0.1, 0.15) is 22.3 Å².